The standard InChI is InChI=1S/C19H30N4O2S.HI/c1-23-6-4-15(12-23)10-20-19(21-11-16-5-7-26(24,25)13-16)22-18-9-14-2-3-17(18)8-14;/h4,6,12,14,16-18H,2-3,5,7-11,13H2,1H3,(H2,20,21,22);1H. The van der Waals surface area contributed by atoms with E-state index in [2.05, 4.69) is 22.9 Å². The molecule has 2 aliphatic carbocycles. The van der Waals surface area contributed by atoms with Gasteiger partial charge in [-0.2, -0.15) is 0 Å². The molecule has 152 valence electrons. The smallest absolute Gasteiger partial charge is 0.191 e. The summed E-state index contributed by atoms with van der Waals surface area (Å²) in [7, 11) is -0.814. The maximum absolute atomic E-state index is 11.7. The van der Waals surface area contributed by atoms with Crippen molar-refractivity contribution in [2.75, 3.05) is 18.1 Å². The van der Waals surface area contributed by atoms with Crippen LogP contribution in [0.2, 0.25) is 0 Å². The second-order valence-electron chi connectivity index (χ2n) is 8.43. The first-order valence-corrected chi connectivity index (χ1v) is 11.6. The third-order valence-corrected chi connectivity index (χ3v) is 8.10. The SMILES string of the molecule is Cn1ccc(CN=C(NCC2CCS(=O)(=O)C2)NC2CC3CCC2C3)c1.I. The van der Waals surface area contributed by atoms with Gasteiger partial charge in [0.05, 0.1) is 18.1 Å². The monoisotopic (exact) mass is 506 g/mol. The van der Waals surface area contributed by atoms with Gasteiger partial charge >= 0.3 is 0 Å². The number of rotatable bonds is 5. The number of nitrogens with zero attached hydrogens (tertiary/aromatic N) is 2. The van der Waals surface area contributed by atoms with E-state index >= 15 is 0 Å². The van der Waals surface area contributed by atoms with Crippen molar-refractivity contribution in [2.45, 2.75) is 44.7 Å². The number of halogens is 1. The Balaban J connectivity index is 0.00000210. The van der Waals surface area contributed by atoms with E-state index in [9.17, 15) is 8.42 Å². The minimum atomic E-state index is -2.83. The van der Waals surface area contributed by atoms with Crippen molar-refractivity contribution in [3.05, 3.63) is 24.0 Å². The maximum atomic E-state index is 11.7. The Kier molecular flexibility index (Phi) is 6.76. The van der Waals surface area contributed by atoms with Gasteiger partial charge in [-0.25, -0.2) is 13.4 Å². The molecule has 6 nitrogen and oxygen atoms in total. The normalized spacial score (nSPS) is 31.7. The predicted octanol–water partition coefficient (Wildman–Crippen LogP) is 2.30. The van der Waals surface area contributed by atoms with E-state index in [1.807, 2.05) is 17.8 Å². The Morgan fingerprint density at radius 2 is 2.15 bits per heavy atom. The molecule has 4 unspecified atom stereocenters. The van der Waals surface area contributed by atoms with E-state index in [-0.39, 0.29) is 29.9 Å². The lowest BCUT2D eigenvalue weighted by atomic mass is 9.95. The fourth-order valence-electron chi connectivity index (χ4n) is 4.85. The first-order chi connectivity index (χ1) is 12.5. The first kappa shape index (κ1) is 21.0. The molecule has 1 saturated heterocycles. The summed E-state index contributed by atoms with van der Waals surface area (Å²) in [4.78, 5) is 4.78. The van der Waals surface area contributed by atoms with Gasteiger partial charge in [0, 0.05) is 32.0 Å². The predicted molar refractivity (Wildman–Crippen MR) is 119 cm³/mol. The summed E-state index contributed by atoms with van der Waals surface area (Å²) in [5, 5.41) is 7.08. The van der Waals surface area contributed by atoms with Crippen LogP contribution in [0.25, 0.3) is 0 Å². The van der Waals surface area contributed by atoms with Gasteiger partial charge in [-0.3, -0.25) is 0 Å². The van der Waals surface area contributed by atoms with Crippen LogP contribution < -0.4 is 10.6 Å². The molecule has 0 aromatic carbocycles. The van der Waals surface area contributed by atoms with Gasteiger partial charge in [-0.05, 0) is 55.1 Å². The highest BCUT2D eigenvalue weighted by molar-refractivity contribution is 14.0. The summed E-state index contributed by atoms with van der Waals surface area (Å²) in [6, 6.07) is 2.60. The van der Waals surface area contributed by atoms with E-state index < -0.39 is 9.84 Å². The van der Waals surface area contributed by atoms with Gasteiger partial charge in [0.15, 0.2) is 15.8 Å². The Hall–Kier alpha value is -0.770. The van der Waals surface area contributed by atoms with Crippen LogP contribution in [-0.4, -0.2) is 43.0 Å². The summed E-state index contributed by atoms with van der Waals surface area (Å²) in [6.45, 7) is 1.32. The Bertz CT molecular complexity index is 776. The van der Waals surface area contributed by atoms with Crippen molar-refractivity contribution < 1.29 is 8.42 Å². The van der Waals surface area contributed by atoms with Crippen molar-refractivity contribution >= 4 is 39.8 Å². The average molecular weight is 506 g/mol. The topological polar surface area (TPSA) is 75.5 Å². The van der Waals surface area contributed by atoms with E-state index in [4.69, 9.17) is 4.99 Å². The number of nitrogens with one attached hydrogen (secondary N) is 2. The van der Waals surface area contributed by atoms with Crippen molar-refractivity contribution in [1.82, 2.24) is 15.2 Å². The Morgan fingerprint density at radius 3 is 2.74 bits per heavy atom. The van der Waals surface area contributed by atoms with Gasteiger partial charge in [0.2, 0.25) is 0 Å². The molecule has 1 aliphatic heterocycles. The molecule has 2 saturated carbocycles. The zero-order chi connectivity index (χ0) is 18.1. The van der Waals surface area contributed by atoms with E-state index in [1.165, 1.54) is 31.2 Å². The third-order valence-electron chi connectivity index (χ3n) is 6.26. The second-order valence-corrected chi connectivity index (χ2v) is 10.7. The first-order valence-electron chi connectivity index (χ1n) is 9.83. The van der Waals surface area contributed by atoms with Crippen molar-refractivity contribution in [1.29, 1.82) is 0 Å². The summed E-state index contributed by atoms with van der Waals surface area (Å²) >= 11 is 0. The van der Waals surface area contributed by atoms with Gasteiger partial charge in [0.25, 0.3) is 0 Å². The van der Waals surface area contributed by atoms with Crippen LogP contribution in [0.3, 0.4) is 0 Å². The third kappa shape index (κ3) is 5.40. The number of hydrogen-bond donors (Lipinski definition) is 2. The van der Waals surface area contributed by atoms with Crippen molar-refractivity contribution in [3.63, 3.8) is 0 Å². The van der Waals surface area contributed by atoms with E-state index in [0.29, 0.717) is 30.6 Å². The van der Waals surface area contributed by atoms with Gasteiger partial charge in [0.1, 0.15) is 0 Å². The molecule has 2 bridgehead atoms. The van der Waals surface area contributed by atoms with Crippen LogP contribution in [0.15, 0.2) is 23.5 Å². The number of hydrogen-bond acceptors (Lipinski definition) is 3. The minimum Gasteiger partial charge on any atom is -0.357 e. The fourth-order valence-corrected chi connectivity index (χ4v) is 6.71. The van der Waals surface area contributed by atoms with Crippen LogP contribution in [0.5, 0.6) is 0 Å². The molecule has 1 aromatic heterocycles. The highest BCUT2D eigenvalue weighted by Gasteiger charge is 2.40. The Labute approximate surface area is 179 Å². The van der Waals surface area contributed by atoms with Gasteiger partial charge in [-0.1, -0.05) is 6.42 Å². The lowest BCUT2D eigenvalue weighted by Crippen LogP contribution is -2.47. The average Bonchev–Trinajstić information content (AvgIpc) is 3.35. The Morgan fingerprint density at radius 1 is 1.30 bits per heavy atom. The van der Waals surface area contributed by atoms with Crippen molar-refractivity contribution in [2.24, 2.45) is 29.8 Å². The summed E-state index contributed by atoms with van der Waals surface area (Å²) < 4.78 is 25.4. The van der Waals surface area contributed by atoms with Gasteiger partial charge in [-0.15, -0.1) is 24.0 Å². The molecule has 27 heavy (non-hydrogen) atoms. The second kappa shape index (κ2) is 8.71. The van der Waals surface area contributed by atoms with Crippen LogP contribution in [0.1, 0.15) is 37.7 Å². The molecule has 3 aliphatic rings. The highest BCUT2D eigenvalue weighted by atomic mass is 127. The number of fused-ring (bicyclic) bond motifs is 2. The summed E-state index contributed by atoms with van der Waals surface area (Å²) in [6.07, 6.45) is 10.2. The summed E-state index contributed by atoms with van der Waals surface area (Å²) in [5.74, 6) is 3.33. The molecule has 3 fully saturated rings. The molecule has 0 radical (unpaired) electrons. The minimum absolute atomic E-state index is 0. The molecule has 2 heterocycles. The largest absolute Gasteiger partial charge is 0.357 e. The van der Waals surface area contributed by atoms with Crippen LogP contribution in [0, 0.1) is 17.8 Å². The molecule has 1 aromatic rings. The van der Waals surface area contributed by atoms with Crippen LogP contribution in [-0.2, 0) is 23.4 Å². The van der Waals surface area contributed by atoms with Crippen LogP contribution >= 0.6 is 24.0 Å². The molecular formula is C19H31IN4O2S. The fraction of sp³-hybridized carbons (Fsp3) is 0.737. The van der Waals surface area contributed by atoms with Gasteiger partial charge < -0.3 is 15.2 Å². The van der Waals surface area contributed by atoms with E-state index in [0.717, 1.165) is 24.2 Å². The zero-order valence-electron chi connectivity index (χ0n) is 15.9. The molecule has 8 heteroatoms. The molecular weight excluding hydrogens is 475 g/mol. The lowest BCUT2D eigenvalue weighted by molar-refractivity contribution is 0.386. The molecule has 0 spiro atoms. The molecule has 2 N–H and O–H groups in total. The summed E-state index contributed by atoms with van der Waals surface area (Å²) in [5.41, 5.74) is 1.19. The molecule has 0 amide bonds. The number of guanidine groups is 1. The lowest BCUT2D eigenvalue weighted by Gasteiger charge is -2.25. The van der Waals surface area contributed by atoms with Crippen LogP contribution in [0.4, 0.5) is 0 Å². The quantitative estimate of drug-likeness (QED) is 0.365. The number of aryl methyl sites for hydroxylation is 1. The maximum Gasteiger partial charge on any atom is 0.191 e. The number of aliphatic imine (C=N–C) groups is 1. The molecule has 4 rings (SSSR count). The number of sulfone groups is 1. The zero-order valence-corrected chi connectivity index (χ0v) is 19.1. The highest BCUT2D eigenvalue weighted by Crippen LogP contribution is 2.44. The molecule has 4 atom stereocenters. The van der Waals surface area contributed by atoms with E-state index in [1.54, 1.807) is 0 Å². The van der Waals surface area contributed by atoms with Crippen molar-refractivity contribution in [3.8, 4) is 0 Å². The number of aromatic nitrogens is 1.